The van der Waals surface area contributed by atoms with Crippen molar-refractivity contribution >= 4 is 22.4 Å². The zero-order valence-electron chi connectivity index (χ0n) is 22.6. The monoisotopic (exact) mass is 482 g/mol. The Morgan fingerprint density at radius 3 is 2.65 bits per heavy atom. The molecule has 37 heavy (non-hydrogen) atoms. The lowest BCUT2D eigenvalue weighted by atomic mass is 9.80. The summed E-state index contributed by atoms with van der Waals surface area (Å²) in [6.45, 7) is 6.78. The molecular weight excluding hydrogens is 444 g/mol. The molecule has 0 heterocycles. The van der Waals surface area contributed by atoms with Crippen molar-refractivity contribution in [3.05, 3.63) is 123 Å². The smallest absolute Gasteiger partial charge is 0.00952 e. The molecule has 2 unspecified atom stereocenters. The molecule has 0 bridgehead atoms. The maximum atomic E-state index is 3.57. The summed E-state index contributed by atoms with van der Waals surface area (Å²) < 4.78 is 0. The predicted molar refractivity (Wildman–Crippen MR) is 160 cm³/mol. The van der Waals surface area contributed by atoms with E-state index >= 15 is 0 Å². The summed E-state index contributed by atoms with van der Waals surface area (Å²) in [7, 11) is 0. The molecule has 0 nitrogen and oxygen atoms in total. The van der Waals surface area contributed by atoms with Gasteiger partial charge < -0.3 is 0 Å². The molecule has 0 N–H and O–H groups in total. The molecule has 6 rings (SSSR count). The van der Waals surface area contributed by atoms with Crippen molar-refractivity contribution in [2.24, 2.45) is 11.8 Å². The van der Waals surface area contributed by atoms with Crippen LogP contribution in [0.1, 0.15) is 80.2 Å². The quantitative estimate of drug-likeness (QED) is 0.280. The van der Waals surface area contributed by atoms with Crippen LogP contribution in [0.2, 0.25) is 0 Å². The summed E-state index contributed by atoms with van der Waals surface area (Å²) >= 11 is 0. The Balaban J connectivity index is 1.57. The molecule has 0 spiro atoms. The van der Waals surface area contributed by atoms with Crippen LogP contribution in [0.25, 0.3) is 22.4 Å². The first-order valence-corrected chi connectivity index (χ1v) is 14.2. The predicted octanol–water partition coefficient (Wildman–Crippen LogP) is 10.2. The van der Waals surface area contributed by atoms with Gasteiger partial charge in [0.05, 0.1) is 0 Å². The molecule has 1 fully saturated rings. The first-order valence-electron chi connectivity index (χ1n) is 14.2. The van der Waals surface area contributed by atoms with Crippen LogP contribution in [0.3, 0.4) is 0 Å². The van der Waals surface area contributed by atoms with Gasteiger partial charge >= 0.3 is 0 Å². The number of aryl methyl sites for hydroxylation is 2. The first-order chi connectivity index (χ1) is 18.1. The van der Waals surface area contributed by atoms with Crippen molar-refractivity contribution in [1.29, 1.82) is 0 Å². The lowest BCUT2D eigenvalue weighted by molar-refractivity contribution is 0.666. The zero-order chi connectivity index (χ0) is 25.4. The molecule has 186 valence electrons. The van der Waals surface area contributed by atoms with Crippen LogP contribution in [0.4, 0.5) is 0 Å². The van der Waals surface area contributed by atoms with E-state index in [1.54, 1.807) is 11.1 Å². The van der Waals surface area contributed by atoms with Crippen molar-refractivity contribution in [3.63, 3.8) is 0 Å². The molecule has 0 radical (unpaired) electrons. The van der Waals surface area contributed by atoms with E-state index in [9.17, 15) is 0 Å². The van der Waals surface area contributed by atoms with Crippen molar-refractivity contribution in [1.82, 2.24) is 0 Å². The van der Waals surface area contributed by atoms with Crippen LogP contribution in [-0.2, 0) is 6.42 Å². The fourth-order valence-electron chi connectivity index (χ4n) is 6.63. The topological polar surface area (TPSA) is 0 Å². The summed E-state index contributed by atoms with van der Waals surface area (Å²) in [6.07, 6.45) is 17.6. The maximum absolute atomic E-state index is 3.57. The average Bonchev–Trinajstić information content (AvgIpc) is 3.66. The number of fused-ring (bicyclic) bond motifs is 7. The summed E-state index contributed by atoms with van der Waals surface area (Å²) in [5.74, 6) is 1.58. The van der Waals surface area contributed by atoms with E-state index in [0.717, 1.165) is 37.5 Å². The van der Waals surface area contributed by atoms with E-state index < -0.39 is 0 Å². The number of hydrogen-bond acceptors (Lipinski definition) is 0. The molecule has 0 amide bonds. The number of benzene rings is 3. The van der Waals surface area contributed by atoms with Crippen LogP contribution < -0.4 is 0 Å². The molecule has 3 aliphatic rings. The Bertz CT molecular complexity index is 1510. The first kappa shape index (κ1) is 24.0. The van der Waals surface area contributed by atoms with Gasteiger partial charge in [-0.25, -0.2) is 0 Å². The highest BCUT2D eigenvalue weighted by Gasteiger charge is 2.37. The Morgan fingerprint density at radius 1 is 0.838 bits per heavy atom. The van der Waals surface area contributed by atoms with Gasteiger partial charge in [0, 0.05) is 0 Å². The third-order valence-corrected chi connectivity index (χ3v) is 8.68. The van der Waals surface area contributed by atoms with Crippen LogP contribution in [0, 0.1) is 18.8 Å². The zero-order valence-corrected chi connectivity index (χ0v) is 22.6. The highest BCUT2D eigenvalue weighted by atomic mass is 14.4. The van der Waals surface area contributed by atoms with Gasteiger partial charge in [-0.2, -0.15) is 0 Å². The molecule has 3 aromatic carbocycles. The van der Waals surface area contributed by atoms with Crippen LogP contribution in [-0.4, -0.2) is 0 Å². The fraction of sp³-hybridized carbons (Fsp3) is 0.324. The highest BCUT2D eigenvalue weighted by molar-refractivity contribution is 5.99. The second-order valence-corrected chi connectivity index (χ2v) is 11.4. The van der Waals surface area contributed by atoms with E-state index in [0.29, 0.717) is 0 Å². The largest absolute Gasteiger partial charge is 0.122 e. The van der Waals surface area contributed by atoms with Crippen molar-refractivity contribution < 1.29 is 0 Å². The van der Waals surface area contributed by atoms with E-state index in [-0.39, 0.29) is 0 Å². The number of rotatable bonds is 0. The Kier molecular flexibility index (Phi) is 6.62. The highest BCUT2D eigenvalue weighted by Crippen LogP contribution is 2.49. The second kappa shape index (κ2) is 10.2. The number of hydrogen-bond donors (Lipinski definition) is 0. The molecule has 0 aromatic heterocycles. The van der Waals surface area contributed by atoms with Gasteiger partial charge in [-0.1, -0.05) is 89.5 Å². The standard InChI is InChI=1S/C37H38/c1-25-10-4-5-12-29-17-16-26(2)23-36(29)37-30(18-19-31-24-35(31)27(3)22-25)13-7-9-15-33-32-14-8-6-11-28(32)20-21-34(33)37/h4,6,8-9,11,14-17,20-23,31,35H,5,7,12-13,18-19,24H2,1-3H3. The summed E-state index contributed by atoms with van der Waals surface area (Å²) in [5, 5.41) is 2.69. The van der Waals surface area contributed by atoms with Crippen molar-refractivity contribution in [2.45, 2.75) is 65.7 Å². The number of allylic oxidation sites excluding steroid dienone is 5. The van der Waals surface area contributed by atoms with Gasteiger partial charge in [-0.15, -0.1) is 5.73 Å². The van der Waals surface area contributed by atoms with Crippen LogP contribution in [0.5, 0.6) is 0 Å². The molecule has 2 atom stereocenters. The SMILES string of the molecule is CC1=C=CCCc2ccc(C)cc2C2=C(CCC=Cc3c2ccc2ccccc32)CCC2CC2C(C)=C1. The van der Waals surface area contributed by atoms with Gasteiger partial charge in [0.15, 0.2) is 0 Å². The second-order valence-electron chi connectivity index (χ2n) is 11.4. The van der Waals surface area contributed by atoms with Gasteiger partial charge in [-0.3, -0.25) is 0 Å². The normalized spacial score (nSPS) is 21.8. The minimum Gasteiger partial charge on any atom is -0.122 e. The van der Waals surface area contributed by atoms with E-state index in [4.69, 9.17) is 0 Å². The molecule has 0 heteroatoms. The fourth-order valence-corrected chi connectivity index (χ4v) is 6.63. The Hall–Kier alpha value is -3.34. The van der Waals surface area contributed by atoms with Crippen LogP contribution in [0.15, 0.2) is 95.3 Å². The summed E-state index contributed by atoms with van der Waals surface area (Å²) in [4.78, 5) is 0. The summed E-state index contributed by atoms with van der Waals surface area (Å²) in [6, 6.07) is 20.8. The van der Waals surface area contributed by atoms with Gasteiger partial charge in [0.25, 0.3) is 0 Å². The molecule has 3 aromatic rings. The van der Waals surface area contributed by atoms with Crippen LogP contribution >= 0.6 is 0 Å². The third-order valence-electron chi connectivity index (χ3n) is 8.68. The van der Waals surface area contributed by atoms with Crippen molar-refractivity contribution in [3.8, 4) is 0 Å². The maximum Gasteiger partial charge on any atom is -0.00952 e. The Morgan fingerprint density at radius 2 is 1.73 bits per heavy atom. The van der Waals surface area contributed by atoms with Gasteiger partial charge in [-0.05, 0) is 128 Å². The minimum absolute atomic E-state index is 0.755. The lowest BCUT2D eigenvalue weighted by Crippen LogP contribution is -2.04. The van der Waals surface area contributed by atoms with E-state index in [1.807, 2.05) is 0 Å². The minimum atomic E-state index is 0.755. The van der Waals surface area contributed by atoms with E-state index in [1.165, 1.54) is 69.0 Å². The summed E-state index contributed by atoms with van der Waals surface area (Å²) in [5.41, 5.74) is 16.6. The molecular formula is C37H38. The third kappa shape index (κ3) is 4.96. The molecule has 0 aliphatic heterocycles. The average molecular weight is 483 g/mol. The van der Waals surface area contributed by atoms with Gasteiger partial charge in [0.2, 0.25) is 0 Å². The Labute approximate surface area is 222 Å². The van der Waals surface area contributed by atoms with E-state index in [2.05, 4.69) is 105 Å². The molecule has 0 saturated heterocycles. The lowest BCUT2D eigenvalue weighted by Gasteiger charge is -2.24. The molecule has 3 aliphatic carbocycles. The van der Waals surface area contributed by atoms with Crippen molar-refractivity contribution in [2.75, 3.05) is 0 Å². The molecule has 1 saturated carbocycles. The van der Waals surface area contributed by atoms with Gasteiger partial charge in [0.1, 0.15) is 0 Å².